The number of nitrogens with two attached hydrogens (primary N) is 1. The molecule has 8 nitrogen and oxygen atoms in total. The third-order valence-electron chi connectivity index (χ3n) is 3.44. The van der Waals surface area contributed by atoms with E-state index in [2.05, 4.69) is 25.1 Å². The van der Waals surface area contributed by atoms with Crippen LogP contribution in [0.15, 0.2) is 52.4 Å². The smallest absolute Gasteiger partial charge is 0.268 e. The van der Waals surface area contributed by atoms with Gasteiger partial charge in [0.1, 0.15) is 0 Å². The Balaban J connectivity index is 1.71. The summed E-state index contributed by atoms with van der Waals surface area (Å²) >= 11 is 1.51. The first kappa shape index (κ1) is 15.2. The van der Waals surface area contributed by atoms with Gasteiger partial charge in [0, 0.05) is 12.7 Å². The number of aromatic nitrogens is 5. The first-order valence-electron chi connectivity index (χ1n) is 7.39. The molecule has 0 saturated heterocycles. The number of benzene rings is 1. The number of nitrogen functional groups attached to an aromatic ring is 1. The summed E-state index contributed by atoms with van der Waals surface area (Å²) in [6.07, 6.45) is 0. The average Bonchev–Trinajstić information content (AvgIpc) is 3.32. The summed E-state index contributed by atoms with van der Waals surface area (Å²) in [7, 11) is 1.85. The van der Waals surface area contributed by atoms with Gasteiger partial charge >= 0.3 is 0 Å². The lowest BCUT2D eigenvalue weighted by Crippen LogP contribution is -2.15. The molecule has 0 atom stereocenters. The summed E-state index contributed by atoms with van der Waals surface area (Å²) in [6.45, 7) is 0. The molecule has 0 saturated carbocycles. The largest absolute Gasteiger partial charge is 0.368 e. The van der Waals surface area contributed by atoms with Crippen molar-refractivity contribution in [3.63, 3.8) is 0 Å². The van der Waals surface area contributed by atoms with Crippen LogP contribution in [-0.4, -0.2) is 32.1 Å². The molecule has 25 heavy (non-hydrogen) atoms. The van der Waals surface area contributed by atoms with Gasteiger partial charge in [-0.15, -0.1) is 11.3 Å². The van der Waals surface area contributed by atoms with E-state index >= 15 is 0 Å². The Kier molecular flexibility index (Phi) is 3.82. The Morgan fingerprint density at radius 3 is 2.56 bits per heavy atom. The number of para-hydroxylation sites is 1. The number of rotatable bonds is 4. The number of nitrogens with zero attached hydrogens (tertiary/aromatic N) is 6. The lowest BCUT2D eigenvalue weighted by atomic mass is 10.3. The van der Waals surface area contributed by atoms with Crippen LogP contribution in [0.2, 0.25) is 0 Å². The molecular formula is C16H13N7OS. The topological polar surface area (TPSA) is 107 Å². The lowest BCUT2D eigenvalue weighted by Gasteiger charge is -2.17. The first-order chi connectivity index (χ1) is 12.2. The van der Waals surface area contributed by atoms with E-state index in [9.17, 15) is 0 Å². The van der Waals surface area contributed by atoms with E-state index < -0.39 is 0 Å². The predicted molar refractivity (Wildman–Crippen MR) is 95.3 cm³/mol. The maximum absolute atomic E-state index is 5.84. The van der Waals surface area contributed by atoms with Gasteiger partial charge in [-0.3, -0.25) is 0 Å². The summed E-state index contributed by atoms with van der Waals surface area (Å²) in [5, 5.41) is 5.89. The monoisotopic (exact) mass is 351 g/mol. The van der Waals surface area contributed by atoms with Crippen molar-refractivity contribution in [3.8, 4) is 22.4 Å². The van der Waals surface area contributed by atoms with E-state index in [1.807, 2.05) is 59.8 Å². The fourth-order valence-corrected chi connectivity index (χ4v) is 2.86. The molecule has 1 aromatic carbocycles. The number of hydrogen-bond donors (Lipinski definition) is 1. The molecule has 3 aromatic heterocycles. The molecule has 9 heteroatoms. The van der Waals surface area contributed by atoms with E-state index in [4.69, 9.17) is 10.3 Å². The number of anilines is 3. The molecule has 0 fully saturated rings. The van der Waals surface area contributed by atoms with Crippen LogP contribution in [0.25, 0.3) is 22.4 Å². The number of thiophene rings is 1. The van der Waals surface area contributed by atoms with Crippen molar-refractivity contribution in [2.75, 3.05) is 17.7 Å². The molecule has 0 bridgehead atoms. The Bertz CT molecular complexity index is 985. The van der Waals surface area contributed by atoms with Crippen molar-refractivity contribution in [1.82, 2.24) is 25.1 Å². The standard InChI is InChI=1S/C16H13N7OS/c1-23(10-6-3-2-4-7-10)16-20-12(19-15(17)21-16)13-18-14(24-22-13)11-8-5-9-25-11/h2-9H,1H3,(H2,17,19,20,21). The van der Waals surface area contributed by atoms with Crippen molar-refractivity contribution in [2.24, 2.45) is 0 Å². The van der Waals surface area contributed by atoms with Crippen molar-refractivity contribution in [3.05, 3.63) is 47.8 Å². The molecule has 4 aromatic rings. The lowest BCUT2D eigenvalue weighted by molar-refractivity contribution is 0.433. The Labute approximate surface area is 147 Å². The zero-order valence-corrected chi connectivity index (χ0v) is 14.0. The van der Waals surface area contributed by atoms with E-state index in [0.717, 1.165) is 10.6 Å². The fourth-order valence-electron chi connectivity index (χ4n) is 2.21. The third-order valence-corrected chi connectivity index (χ3v) is 4.30. The van der Waals surface area contributed by atoms with Gasteiger partial charge in [-0.2, -0.15) is 19.9 Å². The van der Waals surface area contributed by atoms with Crippen LogP contribution in [-0.2, 0) is 0 Å². The molecule has 0 spiro atoms. The molecule has 0 amide bonds. The molecule has 4 rings (SSSR count). The van der Waals surface area contributed by atoms with Gasteiger partial charge in [0.15, 0.2) is 0 Å². The highest BCUT2D eigenvalue weighted by Gasteiger charge is 2.17. The van der Waals surface area contributed by atoms with Crippen LogP contribution in [0.5, 0.6) is 0 Å². The molecule has 0 aliphatic rings. The summed E-state index contributed by atoms with van der Waals surface area (Å²) in [5.74, 6) is 1.43. The van der Waals surface area contributed by atoms with Crippen molar-refractivity contribution < 1.29 is 4.52 Å². The van der Waals surface area contributed by atoms with Crippen LogP contribution in [0.3, 0.4) is 0 Å². The minimum atomic E-state index is 0.0882. The molecule has 124 valence electrons. The number of hydrogen-bond acceptors (Lipinski definition) is 9. The van der Waals surface area contributed by atoms with Crippen LogP contribution in [0.1, 0.15) is 0 Å². The third kappa shape index (κ3) is 3.04. The highest BCUT2D eigenvalue weighted by atomic mass is 32.1. The van der Waals surface area contributed by atoms with Gasteiger partial charge in [0.2, 0.25) is 23.5 Å². The highest BCUT2D eigenvalue weighted by molar-refractivity contribution is 7.13. The molecule has 2 N–H and O–H groups in total. The van der Waals surface area contributed by atoms with Gasteiger partial charge < -0.3 is 15.2 Å². The van der Waals surface area contributed by atoms with E-state index in [-0.39, 0.29) is 17.6 Å². The van der Waals surface area contributed by atoms with E-state index in [1.165, 1.54) is 11.3 Å². The maximum Gasteiger partial charge on any atom is 0.268 e. The average molecular weight is 351 g/mol. The van der Waals surface area contributed by atoms with Crippen LogP contribution < -0.4 is 10.6 Å². The van der Waals surface area contributed by atoms with Gasteiger partial charge in [0.25, 0.3) is 5.89 Å². The second-order valence-electron chi connectivity index (χ2n) is 5.11. The van der Waals surface area contributed by atoms with Crippen molar-refractivity contribution in [2.45, 2.75) is 0 Å². The van der Waals surface area contributed by atoms with Crippen LogP contribution in [0, 0.1) is 0 Å². The van der Waals surface area contributed by atoms with Crippen molar-refractivity contribution >= 4 is 28.9 Å². The van der Waals surface area contributed by atoms with Crippen LogP contribution in [0.4, 0.5) is 17.6 Å². The van der Waals surface area contributed by atoms with Gasteiger partial charge in [-0.25, -0.2) is 0 Å². The second-order valence-corrected chi connectivity index (χ2v) is 6.06. The minimum Gasteiger partial charge on any atom is -0.368 e. The van der Waals surface area contributed by atoms with Gasteiger partial charge in [-0.1, -0.05) is 29.4 Å². The normalized spacial score (nSPS) is 10.8. The molecule has 0 unspecified atom stereocenters. The molecule has 0 radical (unpaired) electrons. The fraction of sp³-hybridized carbons (Fsp3) is 0.0625. The predicted octanol–water partition coefficient (Wildman–Crippen LogP) is 3.00. The highest BCUT2D eigenvalue weighted by Crippen LogP contribution is 2.26. The van der Waals surface area contributed by atoms with Crippen LogP contribution >= 0.6 is 11.3 Å². The van der Waals surface area contributed by atoms with Crippen molar-refractivity contribution in [1.29, 1.82) is 0 Å². The van der Waals surface area contributed by atoms with Gasteiger partial charge in [0.05, 0.1) is 4.88 Å². The summed E-state index contributed by atoms with van der Waals surface area (Å²) < 4.78 is 5.28. The summed E-state index contributed by atoms with van der Waals surface area (Å²) in [6, 6.07) is 13.5. The quantitative estimate of drug-likeness (QED) is 0.598. The Morgan fingerprint density at radius 2 is 1.80 bits per heavy atom. The summed E-state index contributed by atoms with van der Waals surface area (Å²) in [4.78, 5) is 19.8. The SMILES string of the molecule is CN(c1ccccc1)c1nc(N)nc(-c2noc(-c3cccs3)n2)n1. The zero-order valence-electron chi connectivity index (χ0n) is 13.2. The molecule has 0 aliphatic carbocycles. The Hall–Kier alpha value is -3.33. The Morgan fingerprint density at radius 1 is 0.960 bits per heavy atom. The zero-order chi connectivity index (χ0) is 17.2. The first-order valence-corrected chi connectivity index (χ1v) is 8.27. The maximum atomic E-state index is 5.84. The minimum absolute atomic E-state index is 0.0882. The molecular weight excluding hydrogens is 338 g/mol. The van der Waals surface area contributed by atoms with E-state index in [1.54, 1.807) is 0 Å². The second kappa shape index (κ2) is 6.29. The molecule has 0 aliphatic heterocycles. The molecule has 3 heterocycles. The van der Waals surface area contributed by atoms with Gasteiger partial charge in [-0.05, 0) is 23.6 Å². The summed E-state index contributed by atoms with van der Waals surface area (Å²) in [5.41, 5.74) is 6.76. The van der Waals surface area contributed by atoms with E-state index in [0.29, 0.717) is 11.8 Å².